The third kappa shape index (κ3) is 62.6. The maximum atomic E-state index is 12.5. The molecule has 0 aliphatic rings. The van der Waals surface area contributed by atoms with Crippen LogP contribution in [-0.4, -0.2) is 47.4 Å². The van der Waals surface area contributed by atoms with Crippen molar-refractivity contribution in [3.8, 4) is 0 Å². The van der Waals surface area contributed by atoms with Crippen LogP contribution in [0.4, 0.5) is 0 Å². The molecule has 1 amide bonds. The van der Waals surface area contributed by atoms with Gasteiger partial charge in [0.15, 0.2) is 0 Å². The second-order valence-corrected chi connectivity index (χ2v) is 23.1. The van der Waals surface area contributed by atoms with Crippen molar-refractivity contribution in [2.75, 3.05) is 13.2 Å². The van der Waals surface area contributed by atoms with E-state index >= 15 is 0 Å². The van der Waals surface area contributed by atoms with Crippen molar-refractivity contribution in [2.24, 2.45) is 0 Å². The predicted octanol–water partition coefficient (Wildman–Crippen LogP) is 21.9. The zero-order chi connectivity index (χ0) is 55.7. The zero-order valence-corrected chi connectivity index (χ0v) is 51.4. The van der Waals surface area contributed by atoms with Gasteiger partial charge in [0.05, 0.1) is 25.4 Å². The standard InChI is InChI=1S/C71H131NO5/c1-3-5-7-9-11-13-15-17-19-20-21-22-23-24-25-27-30-33-36-39-43-47-51-55-59-63-69(74)68(67-73)72-70(75)64-60-56-52-48-44-40-37-34-31-28-26-29-32-35-38-42-46-50-54-58-62-66-77-71(76)65-61-57-53-49-45-41-18-16-14-12-10-8-6-4-2/h10,12,16,18,42,46,54,58-59,63,68-69,73-74H,3-9,11,13-15,17,19-41,43-45,47-53,55-57,60-62,64-67H2,1-2H3,(H,72,75)/b12-10-,18-16-,46-42-,58-54-,63-59+. The van der Waals surface area contributed by atoms with Crippen LogP contribution in [0.5, 0.6) is 0 Å². The van der Waals surface area contributed by atoms with Gasteiger partial charge in [-0.1, -0.05) is 325 Å². The van der Waals surface area contributed by atoms with Crippen molar-refractivity contribution in [3.63, 3.8) is 0 Å². The first-order valence-corrected chi connectivity index (χ1v) is 34.1. The van der Waals surface area contributed by atoms with Gasteiger partial charge in [-0.3, -0.25) is 9.59 Å². The molecule has 0 heterocycles. The van der Waals surface area contributed by atoms with Crippen LogP contribution in [0.1, 0.15) is 354 Å². The van der Waals surface area contributed by atoms with Gasteiger partial charge in [0.25, 0.3) is 0 Å². The number of nitrogens with one attached hydrogen (secondary N) is 1. The smallest absolute Gasteiger partial charge is 0.305 e. The highest BCUT2D eigenvalue weighted by Gasteiger charge is 2.18. The van der Waals surface area contributed by atoms with E-state index in [1.807, 2.05) is 6.08 Å². The Morgan fingerprint density at radius 1 is 0.364 bits per heavy atom. The van der Waals surface area contributed by atoms with Crippen LogP contribution in [0.2, 0.25) is 0 Å². The van der Waals surface area contributed by atoms with Crippen molar-refractivity contribution in [1.82, 2.24) is 5.32 Å². The molecule has 0 saturated heterocycles. The Morgan fingerprint density at radius 2 is 0.662 bits per heavy atom. The lowest BCUT2D eigenvalue weighted by Gasteiger charge is -2.20. The summed E-state index contributed by atoms with van der Waals surface area (Å²) in [5, 5.41) is 23.3. The largest absolute Gasteiger partial charge is 0.465 e. The fraction of sp³-hybridized carbons (Fsp3) is 0.831. The van der Waals surface area contributed by atoms with Gasteiger partial charge < -0.3 is 20.3 Å². The lowest BCUT2D eigenvalue weighted by molar-refractivity contribution is -0.143. The minimum Gasteiger partial charge on any atom is -0.465 e. The molecule has 0 spiro atoms. The van der Waals surface area contributed by atoms with E-state index < -0.39 is 12.1 Å². The van der Waals surface area contributed by atoms with Crippen LogP contribution in [-0.2, 0) is 14.3 Å². The van der Waals surface area contributed by atoms with Crippen molar-refractivity contribution >= 4 is 11.9 Å². The summed E-state index contributed by atoms with van der Waals surface area (Å²) in [6.07, 6.45) is 87.3. The summed E-state index contributed by atoms with van der Waals surface area (Å²) in [6.45, 7) is 4.77. The van der Waals surface area contributed by atoms with E-state index in [1.54, 1.807) is 6.08 Å². The Hall–Kier alpha value is -2.44. The number of aliphatic hydroxyl groups is 2. The topological polar surface area (TPSA) is 95.9 Å². The molecule has 0 aromatic rings. The van der Waals surface area contributed by atoms with E-state index in [-0.39, 0.29) is 18.5 Å². The lowest BCUT2D eigenvalue weighted by atomic mass is 10.0. The highest BCUT2D eigenvalue weighted by Crippen LogP contribution is 2.18. The van der Waals surface area contributed by atoms with Crippen molar-refractivity contribution < 1.29 is 24.5 Å². The van der Waals surface area contributed by atoms with Crippen molar-refractivity contribution in [3.05, 3.63) is 60.8 Å². The van der Waals surface area contributed by atoms with Gasteiger partial charge in [-0.05, 0) is 77.0 Å². The Labute approximate surface area is 479 Å². The average Bonchev–Trinajstić information content (AvgIpc) is 3.43. The summed E-state index contributed by atoms with van der Waals surface area (Å²) in [5.41, 5.74) is 0. The molecule has 6 heteroatoms. The number of carbonyl (C=O) groups is 2. The van der Waals surface area contributed by atoms with Gasteiger partial charge in [-0.25, -0.2) is 0 Å². The number of rotatable bonds is 63. The predicted molar refractivity (Wildman–Crippen MR) is 338 cm³/mol. The Kier molecular flexibility index (Phi) is 64.0. The first-order valence-electron chi connectivity index (χ1n) is 34.1. The molecule has 6 nitrogen and oxygen atoms in total. The van der Waals surface area contributed by atoms with Gasteiger partial charge >= 0.3 is 5.97 Å². The molecule has 0 aromatic carbocycles. The van der Waals surface area contributed by atoms with E-state index in [9.17, 15) is 19.8 Å². The maximum absolute atomic E-state index is 12.5. The van der Waals surface area contributed by atoms with E-state index in [2.05, 4.69) is 67.8 Å². The first-order chi connectivity index (χ1) is 38.0. The number of esters is 1. The van der Waals surface area contributed by atoms with Gasteiger partial charge in [-0.15, -0.1) is 0 Å². The normalized spacial score (nSPS) is 12.9. The fourth-order valence-electron chi connectivity index (χ4n) is 10.3. The second-order valence-electron chi connectivity index (χ2n) is 23.1. The molecule has 0 aromatic heterocycles. The molecular formula is C71H131NO5. The van der Waals surface area contributed by atoms with E-state index in [0.29, 0.717) is 19.4 Å². The number of allylic oxidation sites excluding steroid dienone is 8. The van der Waals surface area contributed by atoms with E-state index in [4.69, 9.17) is 4.74 Å². The van der Waals surface area contributed by atoms with Crippen LogP contribution in [0.15, 0.2) is 60.8 Å². The third-order valence-electron chi connectivity index (χ3n) is 15.5. The summed E-state index contributed by atoms with van der Waals surface area (Å²) in [4.78, 5) is 24.5. The Morgan fingerprint density at radius 3 is 1.03 bits per heavy atom. The van der Waals surface area contributed by atoms with Gasteiger partial charge in [0.2, 0.25) is 5.91 Å². The SMILES string of the molecule is CCCC/C=C\C/C=C\CCCCCCCC(=O)OCC/C=C\C/C=C\CCCCCCCCCCCCCCCCC(=O)NC(CO)C(O)/C=C/CCCCCCCCCCCCCCCCCCCCCCCCC. The summed E-state index contributed by atoms with van der Waals surface area (Å²) in [7, 11) is 0. The quantitative estimate of drug-likeness (QED) is 0.0320. The fourth-order valence-corrected chi connectivity index (χ4v) is 10.3. The number of aliphatic hydroxyl groups excluding tert-OH is 2. The highest BCUT2D eigenvalue weighted by atomic mass is 16.5. The molecule has 0 aliphatic heterocycles. The lowest BCUT2D eigenvalue weighted by Crippen LogP contribution is -2.45. The van der Waals surface area contributed by atoms with Crippen LogP contribution in [0.25, 0.3) is 0 Å². The van der Waals surface area contributed by atoms with Crippen molar-refractivity contribution in [1.29, 1.82) is 0 Å². The van der Waals surface area contributed by atoms with Crippen LogP contribution >= 0.6 is 0 Å². The van der Waals surface area contributed by atoms with E-state index in [1.165, 1.54) is 263 Å². The van der Waals surface area contributed by atoms with Gasteiger partial charge in [-0.2, -0.15) is 0 Å². The zero-order valence-electron chi connectivity index (χ0n) is 51.4. The molecule has 0 rings (SSSR count). The molecule has 3 N–H and O–H groups in total. The highest BCUT2D eigenvalue weighted by molar-refractivity contribution is 5.76. The summed E-state index contributed by atoms with van der Waals surface area (Å²) < 4.78 is 5.41. The number of hydrogen-bond acceptors (Lipinski definition) is 5. The van der Waals surface area contributed by atoms with Gasteiger partial charge in [0.1, 0.15) is 0 Å². The molecular weight excluding hydrogens is 947 g/mol. The molecule has 77 heavy (non-hydrogen) atoms. The molecule has 0 radical (unpaired) electrons. The number of ether oxygens (including phenoxy) is 1. The molecule has 0 fully saturated rings. The Balaban J connectivity index is 3.49. The van der Waals surface area contributed by atoms with Crippen LogP contribution < -0.4 is 5.32 Å². The number of hydrogen-bond donors (Lipinski definition) is 3. The average molecular weight is 1080 g/mol. The second kappa shape index (κ2) is 66.1. The summed E-state index contributed by atoms with van der Waals surface area (Å²) >= 11 is 0. The first kappa shape index (κ1) is 74.6. The molecule has 2 atom stereocenters. The maximum Gasteiger partial charge on any atom is 0.305 e. The van der Waals surface area contributed by atoms with Gasteiger partial charge in [0, 0.05) is 12.8 Å². The summed E-state index contributed by atoms with van der Waals surface area (Å²) in [6, 6.07) is -0.635. The van der Waals surface area contributed by atoms with E-state index in [0.717, 1.165) is 64.2 Å². The number of unbranched alkanes of at least 4 members (excludes halogenated alkanes) is 44. The molecule has 2 unspecified atom stereocenters. The summed E-state index contributed by atoms with van der Waals surface area (Å²) in [5.74, 6) is -0.121. The molecule has 0 saturated carbocycles. The molecule has 0 aliphatic carbocycles. The molecule has 0 bridgehead atoms. The monoisotopic (exact) mass is 1080 g/mol. The minimum absolute atomic E-state index is 0.0506. The van der Waals surface area contributed by atoms with Crippen molar-refractivity contribution in [2.45, 2.75) is 366 Å². The Bertz CT molecular complexity index is 1340. The minimum atomic E-state index is -0.851. The number of amides is 1. The molecule has 450 valence electrons. The van der Waals surface area contributed by atoms with Crippen LogP contribution in [0, 0.1) is 0 Å². The third-order valence-corrected chi connectivity index (χ3v) is 15.5. The van der Waals surface area contributed by atoms with Crippen LogP contribution in [0.3, 0.4) is 0 Å². The number of carbonyl (C=O) groups excluding carboxylic acids is 2.